The van der Waals surface area contributed by atoms with Crippen LogP contribution in [0.1, 0.15) is 24.8 Å². The normalized spacial score (nSPS) is 14.5. The van der Waals surface area contributed by atoms with Gasteiger partial charge in [0.25, 0.3) is 0 Å². The van der Waals surface area contributed by atoms with E-state index in [1.165, 1.54) is 6.42 Å². The zero-order chi connectivity index (χ0) is 14.5. The van der Waals surface area contributed by atoms with Crippen LogP contribution in [0.4, 0.5) is 5.69 Å². The molecule has 0 aromatic heterocycles. The molecule has 1 saturated carbocycles. The average Bonchev–Trinajstić information content (AvgIpc) is 2.50. The first kappa shape index (κ1) is 14.3. The van der Waals surface area contributed by atoms with E-state index >= 15 is 0 Å². The summed E-state index contributed by atoms with van der Waals surface area (Å²) < 4.78 is 15.3. The van der Waals surface area contributed by atoms with E-state index in [1.807, 2.05) is 48.5 Å². The van der Waals surface area contributed by atoms with Gasteiger partial charge in [-0.3, -0.25) is 0 Å². The zero-order valence-electron chi connectivity index (χ0n) is 11.8. The van der Waals surface area contributed by atoms with Gasteiger partial charge in [0.1, 0.15) is 5.75 Å². The Morgan fingerprint density at radius 2 is 1.95 bits per heavy atom. The van der Waals surface area contributed by atoms with Crippen molar-refractivity contribution in [2.45, 2.75) is 36.8 Å². The Morgan fingerprint density at radius 3 is 2.62 bits per heavy atom. The summed E-state index contributed by atoms with van der Waals surface area (Å²) in [6.45, 7) is 0.661. The summed E-state index contributed by atoms with van der Waals surface area (Å²) in [4.78, 5) is 0.861. The Kier molecular flexibility index (Phi) is 4.68. The Balaban J connectivity index is 1.70. The zero-order valence-corrected chi connectivity index (χ0v) is 12.6. The molecule has 4 heteroatoms. The molecule has 3 nitrogen and oxygen atoms in total. The van der Waals surface area contributed by atoms with Gasteiger partial charge in [0, 0.05) is 29.2 Å². The van der Waals surface area contributed by atoms with Gasteiger partial charge in [-0.1, -0.05) is 18.2 Å². The van der Waals surface area contributed by atoms with Crippen LogP contribution in [-0.4, -0.2) is 10.7 Å². The molecule has 2 aromatic rings. The maximum absolute atomic E-state index is 9.39. The van der Waals surface area contributed by atoms with Gasteiger partial charge in [-0.05, 0) is 55.2 Å². The number of benzene rings is 2. The van der Waals surface area contributed by atoms with E-state index in [0.29, 0.717) is 12.6 Å². The van der Waals surface area contributed by atoms with Crippen molar-refractivity contribution in [1.29, 1.82) is 0 Å². The summed E-state index contributed by atoms with van der Waals surface area (Å²) in [7, 11) is 0. The molecule has 0 saturated heterocycles. The molecule has 1 fully saturated rings. The van der Waals surface area contributed by atoms with Gasteiger partial charge < -0.3 is 14.6 Å². The number of rotatable bonds is 6. The molecule has 0 aliphatic heterocycles. The first-order valence-electron chi connectivity index (χ1n) is 7.25. The van der Waals surface area contributed by atoms with E-state index in [4.69, 9.17) is 4.74 Å². The van der Waals surface area contributed by atoms with Crippen LogP contribution in [0.5, 0.6) is 5.75 Å². The highest BCUT2D eigenvalue weighted by Gasteiger charge is 2.19. The molecular formula is C17H19NO2S. The summed E-state index contributed by atoms with van der Waals surface area (Å²) in [5.74, 6) is 0.891. The topological polar surface area (TPSA) is 41.5 Å². The van der Waals surface area contributed by atoms with Crippen molar-refractivity contribution in [3.8, 4) is 5.75 Å². The van der Waals surface area contributed by atoms with E-state index in [0.717, 1.165) is 46.8 Å². The fourth-order valence-electron chi connectivity index (χ4n) is 2.29. The van der Waals surface area contributed by atoms with Crippen LogP contribution in [0.25, 0.3) is 0 Å². The number of hydrogen-bond donors (Lipinski definition) is 2. The fourth-order valence-corrected chi connectivity index (χ4v) is 2.67. The maximum Gasteiger partial charge on any atom is 0.120 e. The molecular weight excluding hydrogens is 282 g/mol. The molecule has 2 aromatic carbocycles. The highest BCUT2D eigenvalue weighted by molar-refractivity contribution is 7.93. The minimum Gasteiger partial charge on any atom is -0.490 e. The van der Waals surface area contributed by atoms with E-state index in [2.05, 4.69) is 5.32 Å². The molecule has 0 heterocycles. The summed E-state index contributed by atoms with van der Waals surface area (Å²) >= 11 is 0.782. The lowest BCUT2D eigenvalue weighted by Crippen LogP contribution is -2.24. The summed E-state index contributed by atoms with van der Waals surface area (Å²) in [6, 6.07) is 15.9. The number of hydrogen-bond acceptors (Lipinski definition) is 4. The van der Waals surface area contributed by atoms with Gasteiger partial charge in [-0.25, -0.2) is 0 Å². The van der Waals surface area contributed by atoms with Gasteiger partial charge in [0.15, 0.2) is 0 Å². The van der Waals surface area contributed by atoms with Crippen molar-refractivity contribution in [1.82, 2.24) is 0 Å². The van der Waals surface area contributed by atoms with E-state index in [1.54, 1.807) is 0 Å². The van der Waals surface area contributed by atoms with Crippen LogP contribution in [-0.2, 0) is 6.54 Å². The molecule has 2 N–H and O–H groups in total. The second kappa shape index (κ2) is 6.87. The molecule has 110 valence electrons. The predicted octanol–water partition coefficient (Wildman–Crippen LogP) is 4.80. The summed E-state index contributed by atoms with van der Waals surface area (Å²) in [5.41, 5.74) is 2.11. The molecule has 0 spiro atoms. The van der Waals surface area contributed by atoms with Crippen LogP contribution >= 0.6 is 12.0 Å². The second-order valence-corrected chi connectivity index (χ2v) is 5.87. The molecule has 1 aliphatic rings. The first-order chi connectivity index (χ1) is 10.3. The highest BCUT2D eigenvalue weighted by atomic mass is 32.2. The minimum absolute atomic E-state index is 0.368. The van der Waals surface area contributed by atoms with Crippen LogP contribution < -0.4 is 10.1 Å². The molecule has 1 aliphatic carbocycles. The molecule has 21 heavy (non-hydrogen) atoms. The van der Waals surface area contributed by atoms with Crippen molar-refractivity contribution >= 4 is 17.7 Å². The molecule has 0 amide bonds. The van der Waals surface area contributed by atoms with E-state index in [-0.39, 0.29) is 0 Å². The Hall–Kier alpha value is -1.65. The monoisotopic (exact) mass is 301 g/mol. The third kappa shape index (κ3) is 3.71. The van der Waals surface area contributed by atoms with Crippen molar-refractivity contribution in [2.24, 2.45) is 0 Å². The Labute approximate surface area is 129 Å². The van der Waals surface area contributed by atoms with Crippen LogP contribution in [0.3, 0.4) is 0 Å². The third-order valence-corrected chi connectivity index (χ3v) is 4.34. The Morgan fingerprint density at radius 1 is 1.14 bits per heavy atom. The molecule has 0 atom stereocenters. The van der Waals surface area contributed by atoms with Gasteiger partial charge in [0.2, 0.25) is 0 Å². The predicted molar refractivity (Wildman–Crippen MR) is 87.0 cm³/mol. The van der Waals surface area contributed by atoms with Crippen LogP contribution in [0, 0.1) is 0 Å². The van der Waals surface area contributed by atoms with E-state index in [9.17, 15) is 4.55 Å². The second-order valence-electron chi connectivity index (χ2n) is 5.25. The minimum atomic E-state index is 0.368. The molecule has 3 rings (SSSR count). The van der Waals surface area contributed by atoms with Crippen molar-refractivity contribution in [3.05, 3.63) is 54.1 Å². The van der Waals surface area contributed by atoms with Crippen molar-refractivity contribution in [2.75, 3.05) is 5.32 Å². The summed E-state index contributed by atoms with van der Waals surface area (Å²) in [5, 5.41) is 3.36. The number of nitrogens with one attached hydrogen (secondary N) is 1. The smallest absolute Gasteiger partial charge is 0.120 e. The molecule has 0 bridgehead atoms. The standard InChI is InChI=1S/C17H19NO2S/c19-21-17-10-9-16(20-15-7-4-8-15)11-13(17)12-18-14-5-2-1-3-6-14/h1-3,5-6,9-11,15,18-19H,4,7-8,12H2. The fraction of sp³-hybridized carbons (Fsp3) is 0.294. The maximum atomic E-state index is 9.39. The Bertz CT molecular complexity index is 585. The van der Waals surface area contributed by atoms with Gasteiger partial charge >= 0.3 is 0 Å². The first-order valence-corrected chi connectivity index (χ1v) is 8.02. The van der Waals surface area contributed by atoms with E-state index < -0.39 is 0 Å². The van der Waals surface area contributed by atoms with Crippen molar-refractivity contribution in [3.63, 3.8) is 0 Å². The van der Waals surface area contributed by atoms with Crippen LogP contribution in [0.2, 0.25) is 0 Å². The van der Waals surface area contributed by atoms with Crippen molar-refractivity contribution < 1.29 is 9.29 Å². The lowest BCUT2D eigenvalue weighted by atomic mass is 9.96. The number of anilines is 1. The average molecular weight is 301 g/mol. The SMILES string of the molecule is OSc1ccc(OC2CCC2)cc1CNc1ccccc1. The quantitative estimate of drug-likeness (QED) is 0.752. The number of para-hydroxylation sites is 1. The van der Waals surface area contributed by atoms with Crippen LogP contribution in [0.15, 0.2) is 53.4 Å². The summed E-state index contributed by atoms with van der Waals surface area (Å²) in [6.07, 6.45) is 3.92. The molecule has 0 radical (unpaired) electrons. The van der Waals surface area contributed by atoms with Gasteiger partial charge in [0.05, 0.1) is 6.10 Å². The molecule has 0 unspecified atom stereocenters. The largest absolute Gasteiger partial charge is 0.490 e. The highest BCUT2D eigenvalue weighted by Crippen LogP contribution is 2.29. The van der Waals surface area contributed by atoms with Gasteiger partial charge in [-0.2, -0.15) is 0 Å². The third-order valence-electron chi connectivity index (χ3n) is 3.74. The van der Waals surface area contributed by atoms with Gasteiger partial charge in [-0.15, -0.1) is 0 Å². The lowest BCUT2D eigenvalue weighted by molar-refractivity contribution is 0.120. The lowest BCUT2D eigenvalue weighted by Gasteiger charge is -2.26. The number of ether oxygens (including phenoxy) is 1.